The van der Waals surface area contributed by atoms with Crippen molar-refractivity contribution in [1.29, 1.82) is 0 Å². The largest absolute Gasteiger partial charge is 0.486 e. The summed E-state index contributed by atoms with van der Waals surface area (Å²) in [4.78, 5) is 12.1. The van der Waals surface area contributed by atoms with E-state index in [2.05, 4.69) is 33.3 Å². The lowest BCUT2D eigenvalue weighted by molar-refractivity contribution is 0.0920. The highest BCUT2D eigenvalue weighted by Crippen LogP contribution is 2.16. The molecule has 7 heteroatoms. The number of hydrogen-bond donors (Lipinski definition) is 1. The maximum atomic E-state index is 12.1. The summed E-state index contributed by atoms with van der Waals surface area (Å²) in [6, 6.07) is 11.3. The molecule has 0 saturated carbocycles. The van der Waals surface area contributed by atoms with Gasteiger partial charge in [0.2, 0.25) is 0 Å². The number of aryl methyl sites for hydroxylation is 1. The lowest BCUT2D eigenvalue weighted by atomic mass is 10.2. The Bertz CT molecular complexity index is 855. The monoisotopic (exact) mass is 417 g/mol. The molecule has 0 fully saturated rings. The summed E-state index contributed by atoms with van der Waals surface area (Å²) in [5.41, 5.74) is 1.26. The predicted octanol–water partition coefficient (Wildman–Crippen LogP) is 3.81. The highest BCUT2D eigenvalue weighted by Gasteiger charge is 2.11. The van der Waals surface area contributed by atoms with E-state index in [0.29, 0.717) is 18.8 Å². The van der Waals surface area contributed by atoms with Gasteiger partial charge in [-0.2, -0.15) is 5.10 Å². The van der Waals surface area contributed by atoms with Gasteiger partial charge in [0.25, 0.3) is 5.91 Å². The average molecular weight is 418 g/mol. The number of rotatable bonds is 8. The first-order valence-electron chi connectivity index (χ1n) is 8.40. The summed E-state index contributed by atoms with van der Waals surface area (Å²) < 4.78 is 13.9. The molecule has 3 aromatic rings. The molecule has 0 radical (unpaired) electrons. The summed E-state index contributed by atoms with van der Waals surface area (Å²) in [7, 11) is 0. The minimum atomic E-state index is -0.255. The number of carbonyl (C=O) groups excluding carboxylic acids is 1. The third-order valence-electron chi connectivity index (χ3n) is 3.83. The lowest BCUT2D eigenvalue weighted by Gasteiger charge is -2.05. The van der Waals surface area contributed by atoms with Crippen LogP contribution in [0.15, 0.2) is 57.7 Å². The second-order valence-corrected chi connectivity index (χ2v) is 6.65. The van der Waals surface area contributed by atoms with E-state index in [1.807, 2.05) is 30.5 Å². The van der Waals surface area contributed by atoms with Crippen LogP contribution in [0.1, 0.15) is 28.8 Å². The van der Waals surface area contributed by atoms with E-state index in [-0.39, 0.29) is 18.3 Å². The molecule has 0 saturated heterocycles. The highest BCUT2D eigenvalue weighted by atomic mass is 79.9. The van der Waals surface area contributed by atoms with E-state index in [0.717, 1.165) is 16.6 Å². The van der Waals surface area contributed by atoms with Crippen molar-refractivity contribution >= 4 is 21.8 Å². The van der Waals surface area contributed by atoms with Gasteiger partial charge < -0.3 is 14.5 Å². The standard InChI is InChI=1S/C19H20BrN3O3/c1-2-14-3-5-16(6-4-14)25-13-17-7-8-18(26-17)19(24)21-9-10-23-12-15(20)11-22-23/h3-8,11-12H,2,9-10,13H2,1H3,(H,21,24). The number of nitrogens with one attached hydrogen (secondary N) is 1. The number of furan rings is 1. The van der Waals surface area contributed by atoms with Gasteiger partial charge in [-0.1, -0.05) is 19.1 Å². The topological polar surface area (TPSA) is 69.3 Å². The van der Waals surface area contributed by atoms with Crippen LogP contribution in [0.4, 0.5) is 0 Å². The Morgan fingerprint density at radius 3 is 2.77 bits per heavy atom. The van der Waals surface area contributed by atoms with Crippen molar-refractivity contribution in [3.63, 3.8) is 0 Å². The van der Waals surface area contributed by atoms with Crippen LogP contribution in [0.2, 0.25) is 0 Å². The van der Waals surface area contributed by atoms with Crippen molar-refractivity contribution in [3.05, 3.63) is 70.3 Å². The van der Waals surface area contributed by atoms with Gasteiger partial charge in [-0.05, 0) is 52.2 Å². The van der Waals surface area contributed by atoms with Crippen LogP contribution in [0.3, 0.4) is 0 Å². The van der Waals surface area contributed by atoms with Crippen molar-refractivity contribution in [2.45, 2.75) is 26.5 Å². The Labute approximate surface area is 160 Å². The van der Waals surface area contributed by atoms with E-state index in [1.54, 1.807) is 23.0 Å². The molecular weight excluding hydrogens is 398 g/mol. The summed E-state index contributed by atoms with van der Waals surface area (Å²) in [6.45, 7) is 3.43. The van der Waals surface area contributed by atoms with Crippen molar-refractivity contribution in [3.8, 4) is 5.75 Å². The molecule has 2 aromatic heterocycles. The van der Waals surface area contributed by atoms with Crippen molar-refractivity contribution in [2.24, 2.45) is 0 Å². The molecule has 1 amide bonds. The highest BCUT2D eigenvalue weighted by molar-refractivity contribution is 9.10. The van der Waals surface area contributed by atoms with Gasteiger partial charge in [-0.25, -0.2) is 0 Å². The Kier molecular flexibility index (Phi) is 6.12. The van der Waals surface area contributed by atoms with Gasteiger partial charge in [-0.3, -0.25) is 9.48 Å². The Morgan fingerprint density at radius 1 is 1.27 bits per heavy atom. The number of halogens is 1. The van der Waals surface area contributed by atoms with E-state index < -0.39 is 0 Å². The van der Waals surface area contributed by atoms with E-state index in [9.17, 15) is 4.79 Å². The predicted molar refractivity (Wildman–Crippen MR) is 101 cm³/mol. The molecule has 26 heavy (non-hydrogen) atoms. The molecule has 0 aliphatic heterocycles. The molecular formula is C19H20BrN3O3. The number of ether oxygens (including phenoxy) is 1. The number of carbonyl (C=O) groups is 1. The van der Waals surface area contributed by atoms with E-state index >= 15 is 0 Å². The van der Waals surface area contributed by atoms with Gasteiger partial charge in [0.15, 0.2) is 5.76 Å². The number of aromatic nitrogens is 2. The van der Waals surface area contributed by atoms with Gasteiger partial charge in [0, 0.05) is 12.7 Å². The first kappa shape index (κ1) is 18.3. The average Bonchev–Trinajstić information content (AvgIpc) is 3.29. The van der Waals surface area contributed by atoms with Gasteiger partial charge in [-0.15, -0.1) is 0 Å². The maximum absolute atomic E-state index is 12.1. The second kappa shape index (κ2) is 8.71. The SMILES string of the molecule is CCc1ccc(OCc2ccc(C(=O)NCCn3cc(Br)cn3)o2)cc1. The molecule has 0 unspecified atom stereocenters. The van der Waals surface area contributed by atoms with Crippen LogP contribution in [-0.2, 0) is 19.6 Å². The molecule has 0 spiro atoms. The molecule has 0 bridgehead atoms. The van der Waals surface area contributed by atoms with Crippen molar-refractivity contribution in [2.75, 3.05) is 6.54 Å². The summed E-state index contributed by atoms with van der Waals surface area (Å²) in [6.07, 6.45) is 4.55. The van der Waals surface area contributed by atoms with Crippen LogP contribution in [0, 0.1) is 0 Å². The Hall–Kier alpha value is -2.54. The Morgan fingerprint density at radius 2 is 2.08 bits per heavy atom. The van der Waals surface area contributed by atoms with Gasteiger partial charge in [0.05, 0.1) is 17.2 Å². The molecule has 6 nitrogen and oxygen atoms in total. The Balaban J connectivity index is 1.46. The zero-order valence-electron chi connectivity index (χ0n) is 14.4. The fourth-order valence-electron chi connectivity index (χ4n) is 2.39. The van der Waals surface area contributed by atoms with Crippen molar-refractivity contribution < 1.29 is 13.9 Å². The fraction of sp³-hybridized carbons (Fsp3) is 0.263. The molecule has 0 aliphatic carbocycles. The summed E-state index contributed by atoms with van der Waals surface area (Å²) in [5.74, 6) is 1.39. The fourth-order valence-corrected chi connectivity index (χ4v) is 2.71. The molecule has 0 atom stereocenters. The molecule has 1 N–H and O–H groups in total. The molecule has 136 valence electrons. The minimum absolute atomic E-state index is 0.255. The lowest BCUT2D eigenvalue weighted by Crippen LogP contribution is -2.27. The number of amides is 1. The second-order valence-electron chi connectivity index (χ2n) is 5.73. The van der Waals surface area contributed by atoms with E-state index in [1.165, 1.54) is 5.56 Å². The van der Waals surface area contributed by atoms with Crippen LogP contribution in [0.25, 0.3) is 0 Å². The quantitative estimate of drug-likeness (QED) is 0.604. The number of hydrogen-bond acceptors (Lipinski definition) is 4. The maximum Gasteiger partial charge on any atom is 0.287 e. The third-order valence-corrected chi connectivity index (χ3v) is 4.24. The zero-order chi connectivity index (χ0) is 18.4. The third kappa shape index (κ3) is 4.98. The van der Waals surface area contributed by atoms with Crippen LogP contribution < -0.4 is 10.1 Å². The molecule has 1 aromatic carbocycles. The molecule has 3 rings (SSSR count). The van der Waals surface area contributed by atoms with Crippen molar-refractivity contribution in [1.82, 2.24) is 15.1 Å². The van der Waals surface area contributed by atoms with Crippen LogP contribution >= 0.6 is 15.9 Å². The smallest absolute Gasteiger partial charge is 0.287 e. The van der Waals surface area contributed by atoms with Crippen LogP contribution in [0.5, 0.6) is 5.75 Å². The summed E-state index contributed by atoms with van der Waals surface area (Å²) in [5, 5.41) is 6.94. The minimum Gasteiger partial charge on any atom is -0.486 e. The van der Waals surface area contributed by atoms with Crippen LogP contribution in [-0.4, -0.2) is 22.2 Å². The molecule has 0 aliphatic rings. The first-order valence-corrected chi connectivity index (χ1v) is 9.20. The molecule has 2 heterocycles. The first-order chi connectivity index (χ1) is 12.6. The number of benzene rings is 1. The number of nitrogens with zero attached hydrogens (tertiary/aromatic N) is 2. The van der Waals surface area contributed by atoms with Gasteiger partial charge >= 0.3 is 0 Å². The summed E-state index contributed by atoms with van der Waals surface area (Å²) >= 11 is 3.33. The van der Waals surface area contributed by atoms with Gasteiger partial charge in [0.1, 0.15) is 18.1 Å². The van der Waals surface area contributed by atoms with E-state index in [4.69, 9.17) is 9.15 Å². The normalized spacial score (nSPS) is 10.7. The zero-order valence-corrected chi connectivity index (χ0v) is 16.0.